The van der Waals surface area contributed by atoms with Gasteiger partial charge in [-0.05, 0) is 139 Å². The Morgan fingerprint density at radius 3 is 1.23 bits per heavy atom. The highest BCUT2D eigenvalue weighted by Gasteiger charge is 2.31. The molecule has 578 valence electrons. The standard InChI is InChI=1S/C16H28O4.C15H30N2O2.C14H28O3.C14H28O.C12H25N.C12H26O/c1-12(2)15(18)8-7-14(17)6-5-10-20-11-9-16(19)13(3)4;1-14(2,3)13(19)11(17-15(4,5)6)9-7-8-10-12(16)18;1-12(2)7-5-9-16-10-6-8-14(15)17-11-13(3)4;1-13(2,3)11-9-7-8-10-12(15)14(4,5)6;1-8(2)11(7)12(9(3)4)13-10(5)6;1-11(2)7-5-9-13-10-6-8-12(3)4/h12-13H,5-11H2,1-4H3;11,17H,7-10H2,1-6H3,(H2,16,18);12-13H,5-11H2,1-4H3;7-11H2,1-6H3;8-10,12-13H,7H2,1-6H3;11-12H,5-10H2,1-4H3/t;11-;;;12-;/m.0..0./s1. The van der Waals surface area contributed by atoms with E-state index in [9.17, 15) is 33.6 Å². The van der Waals surface area contributed by atoms with Gasteiger partial charge in [-0.1, -0.05) is 218 Å². The Hall–Kier alpha value is -3.17. The van der Waals surface area contributed by atoms with E-state index in [1.54, 1.807) is 0 Å². The maximum absolute atomic E-state index is 12.4. The van der Waals surface area contributed by atoms with Crippen molar-refractivity contribution in [3.63, 3.8) is 0 Å². The van der Waals surface area contributed by atoms with Crippen molar-refractivity contribution in [2.75, 3.05) is 46.2 Å². The van der Waals surface area contributed by atoms with Crippen LogP contribution in [-0.4, -0.2) is 111 Å². The van der Waals surface area contributed by atoms with E-state index in [-0.39, 0.29) is 69.3 Å². The van der Waals surface area contributed by atoms with E-state index < -0.39 is 0 Å². The van der Waals surface area contributed by atoms with E-state index in [2.05, 4.69) is 142 Å². The van der Waals surface area contributed by atoms with Crippen LogP contribution < -0.4 is 16.4 Å². The fraction of sp³-hybridized carbons (Fsp3) is 0.892. The Labute approximate surface area is 601 Å². The molecule has 0 aliphatic heterocycles. The molecule has 14 nitrogen and oxygen atoms in total. The Balaban J connectivity index is -0.000000258. The van der Waals surface area contributed by atoms with E-state index in [1.165, 1.54) is 56.9 Å². The van der Waals surface area contributed by atoms with Gasteiger partial charge in [0, 0.05) is 118 Å². The summed E-state index contributed by atoms with van der Waals surface area (Å²) in [6.07, 6.45) is 19.1. The summed E-state index contributed by atoms with van der Waals surface area (Å²) in [5, 5.41) is 6.95. The monoisotopic (exact) mass is 1380 g/mol. The number of Topliss-reactive ketones (excluding diaryl/α,β-unsaturated/α-hetero) is 5. The maximum atomic E-state index is 12.4. The van der Waals surface area contributed by atoms with Crippen LogP contribution in [0.4, 0.5) is 0 Å². The van der Waals surface area contributed by atoms with Crippen molar-refractivity contribution in [2.45, 2.75) is 373 Å². The average Bonchev–Trinajstić information content (AvgIpc) is 0.917. The van der Waals surface area contributed by atoms with Crippen LogP contribution in [0.5, 0.6) is 0 Å². The van der Waals surface area contributed by atoms with Crippen molar-refractivity contribution in [3.8, 4) is 0 Å². The van der Waals surface area contributed by atoms with Crippen molar-refractivity contribution < 1.29 is 52.5 Å². The van der Waals surface area contributed by atoms with Crippen molar-refractivity contribution in [3.05, 3.63) is 12.2 Å². The number of ether oxygens (including phenoxy) is 4. The van der Waals surface area contributed by atoms with Crippen molar-refractivity contribution in [2.24, 2.45) is 69.3 Å². The number of rotatable bonds is 47. The van der Waals surface area contributed by atoms with E-state index in [1.807, 2.05) is 83.1 Å². The van der Waals surface area contributed by atoms with E-state index in [4.69, 9.17) is 24.7 Å². The number of nitrogens with two attached hydrogens (primary N) is 1. The molecule has 0 unspecified atom stereocenters. The Morgan fingerprint density at radius 1 is 0.423 bits per heavy atom. The molecule has 4 N–H and O–H groups in total. The number of primary amides is 1. The molecular formula is C83H165N3O11. The molecule has 0 saturated heterocycles. The maximum Gasteiger partial charge on any atom is 0.305 e. The first-order valence-corrected chi connectivity index (χ1v) is 38.5. The summed E-state index contributed by atoms with van der Waals surface area (Å²) >= 11 is 0. The number of carbonyl (C=O) groups excluding carboxylic acids is 7. The van der Waals surface area contributed by atoms with Crippen LogP contribution >= 0.6 is 0 Å². The number of ketones is 5. The molecule has 0 aromatic carbocycles. The van der Waals surface area contributed by atoms with Gasteiger partial charge in [0.05, 0.1) is 19.3 Å². The van der Waals surface area contributed by atoms with Crippen LogP contribution in [0.15, 0.2) is 12.2 Å². The van der Waals surface area contributed by atoms with Gasteiger partial charge in [-0.15, -0.1) is 0 Å². The van der Waals surface area contributed by atoms with Gasteiger partial charge in [-0.25, -0.2) is 0 Å². The Morgan fingerprint density at radius 2 is 0.856 bits per heavy atom. The van der Waals surface area contributed by atoms with Gasteiger partial charge in [0.2, 0.25) is 5.91 Å². The van der Waals surface area contributed by atoms with Crippen LogP contribution in [0.1, 0.15) is 349 Å². The Bertz CT molecular complexity index is 1960. The summed E-state index contributed by atoms with van der Waals surface area (Å²) in [4.78, 5) is 80.2. The Kier molecular flexibility index (Phi) is 66.4. The van der Waals surface area contributed by atoms with Crippen LogP contribution in [0.3, 0.4) is 0 Å². The lowest BCUT2D eigenvalue weighted by Crippen LogP contribution is -2.50. The van der Waals surface area contributed by atoms with Gasteiger partial charge < -0.3 is 35.3 Å². The first-order valence-electron chi connectivity index (χ1n) is 38.5. The number of amides is 1. The molecule has 0 aliphatic rings. The highest BCUT2D eigenvalue weighted by molar-refractivity contribution is 5.89. The molecule has 0 heterocycles. The third kappa shape index (κ3) is 81.7. The number of esters is 1. The number of unbranched alkanes of at least 4 members (excludes halogenated alkanes) is 3. The summed E-state index contributed by atoms with van der Waals surface area (Å²) in [6, 6.07) is 0.829. The van der Waals surface area contributed by atoms with Crippen molar-refractivity contribution >= 4 is 40.8 Å². The van der Waals surface area contributed by atoms with Gasteiger partial charge in [-0.2, -0.15) is 0 Å². The van der Waals surface area contributed by atoms with Gasteiger partial charge in [0.25, 0.3) is 0 Å². The summed E-state index contributed by atoms with van der Waals surface area (Å²) < 4.78 is 21.4. The predicted octanol–water partition coefficient (Wildman–Crippen LogP) is 20.5. The third-order valence-electron chi connectivity index (χ3n) is 15.4. The highest BCUT2D eigenvalue weighted by Crippen LogP contribution is 2.25. The zero-order chi connectivity index (χ0) is 76.7. The first kappa shape index (κ1) is 105. The molecule has 0 aliphatic carbocycles. The molecule has 0 aromatic rings. The van der Waals surface area contributed by atoms with Crippen LogP contribution in [0, 0.1) is 63.6 Å². The number of carbonyl (C=O) groups is 7. The zero-order valence-electron chi connectivity index (χ0n) is 69.6. The van der Waals surface area contributed by atoms with E-state index in [0.29, 0.717) is 112 Å². The summed E-state index contributed by atoms with van der Waals surface area (Å²) in [5.41, 5.74) is 6.27. The molecular weight excluding hydrogens is 1210 g/mol. The first-order chi connectivity index (χ1) is 44.4. The molecule has 1 amide bonds. The van der Waals surface area contributed by atoms with Crippen molar-refractivity contribution in [1.29, 1.82) is 0 Å². The van der Waals surface area contributed by atoms with Crippen molar-refractivity contribution in [1.82, 2.24) is 10.6 Å². The van der Waals surface area contributed by atoms with Gasteiger partial charge in [0.15, 0.2) is 5.78 Å². The second-order valence-electron chi connectivity index (χ2n) is 34.6. The molecule has 0 saturated carbocycles. The fourth-order valence-corrected chi connectivity index (χ4v) is 9.15. The van der Waals surface area contributed by atoms with E-state index in [0.717, 1.165) is 82.5 Å². The summed E-state index contributed by atoms with van der Waals surface area (Å²) in [6.45, 7) is 72.1. The largest absolute Gasteiger partial charge is 0.465 e. The lowest BCUT2D eigenvalue weighted by Gasteiger charge is -2.31. The van der Waals surface area contributed by atoms with Crippen LogP contribution in [0.2, 0.25) is 0 Å². The lowest BCUT2D eigenvalue weighted by molar-refractivity contribution is -0.145. The predicted molar refractivity (Wildman–Crippen MR) is 414 cm³/mol. The number of hydrogen-bond donors (Lipinski definition) is 3. The molecule has 0 rings (SSSR count). The normalized spacial score (nSPS) is 12.5. The van der Waals surface area contributed by atoms with E-state index >= 15 is 0 Å². The topological polar surface area (TPSA) is 206 Å². The molecule has 0 bridgehead atoms. The molecule has 97 heavy (non-hydrogen) atoms. The highest BCUT2D eigenvalue weighted by atomic mass is 16.5. The quantitative estimate of drug-likeness (QED) is 0.0295. The minimum Gasteiger partial charge on any atom is -0.465 e. The minimum absolute atomic E-state index is 0.00428. The van der Waals surface area contributed by atoms with Gasteiger partial charge >= 0.3 is 5.97 Å². The lowest BCUT2D eigenvalue weighted by atomic mass is 9.83. The minimum atomic E-state index is -0.355. The van der Waals surface area contributed by atoms with Gasteiger partial charge in [0.1, 0.15) is 23.1 Å². The molecule has 0 fully saturated rings. The van der Waals surface area contributed by atoms with Gasteiger partial charge in [-0.3, -0.25) is 33.6 Å². The third-order valence-corrected chi connectivity index (χ3v) is 15.4. The van der Waals surface area contributed by atoms with Crippen LogP contribution in [0.25, 0.3) is 0 Å². The molecule has 2 atom stereocenters. The average molecular weight is 1380 g/mol. The molecule has 0 radical (unpaired) electrons. The zero-order valence-corrected chi connectivity index (χ0v) is 69.6. The molecule has 0 aromatic heterocycles. The summed E-state index contributed by atoms with van der Waals surface area (Å²) in [5.74, 6) is 4.73. The smallest absolute Gasteiger partial charge is 0.305 e. The summed E-state index contributed by atoms with van der Waals surface area (Å²) in [7, 11) is 0. The number of hydrogen-bond acceptors (Lipinski definition) is 13. The second kappa shape index (κ2) is 61.5. The second-order valence-corrected chi connectivity index (χ2v) is 34.6. The van der Waals surface area contributed by atoms with Crippen LogP contribution in [-0.2, 0) is 52.5 Å². The molecule has 14 heteroatoms. The fourth-order valence-electron chi connectivity index (χ4n) is 9.15. The number of nitrogens with one attached hydrogen (secondary N) is 2. The molecule has 0 spiro atoms. The SMILES string of the molecule is C=C(C(C)C)[C@@H](NC(C)C)C(C)C.CC(C)(C)CCCCCC(=O)C(C)(C)C.CC(C)(C)N[C@@H](CCCCC(N)=O)C(=O)C(C)(C)C.CC(C)C(=O)CCOCCCC(=O)CCC(=O)C(C)C.CC(C)CCCOCCCC(=O)OCC(C)C.CC(C)CCCOCCCC(C)C.